The summed E-state index contributed by atoms with van der Waals surface area (Å²) in [7, 11) is 2.21. The average Bonchev–Trinajstić information content (AvgIpc) is 3.29. The topological polar surface area (TPSA) is 8.81 Å². The Labute approximate surface area is 195 Å². The van der Waals surface area contributed by atoms with Crippen LogP contribution in [0, 0.1) is 27.7 Å². The number of benzene rings is 4. The summed E-state index contributed by atoms with van der Waals surface area (Å²) in [6, 6.07) is 26.9. The molecule has 0 bridgehead atoms. The van der Waals surface area contributed by atoms with Crippen LogP contribution in [0.5, 0.6) is 0 Å². The summed E-state index contributed by atoms with van der Waals surface area (Å²) < 4.78 is 4.93. The Kier molecular flexibility index (Phi) is 4.35. The Morgan fingerprint density at radius 1 is 0.697 bits per heavy atom. The Morgan fingerprint density at radius 3 is 2.09 bits per heavy atom. The first kappa shape index (κ1) is 20.0. The highest BCUT2D eigenvalue weighted by Crippen LogP contribution is 2.42. The molecule has 0 unspecified atom stereocenters. The Balaban J connectivity index is 1.85. The average molecular weight is 430 g/mol. The van der Waals surface area contributed by atoms with Crippen LogP contribution in [-0.4, -0.2) is 4.57 Å². The Morgan fingerprint density at radius 2 is 1.36 bits per heavy atom. The van der Waals surface area contributed by atoms with Crippen LogP contribution in [0.3, 0.4) is 0 Å². The monoisotopic (exact) mass is 429 g/mol. The van der Waals surface area contributed by atoms with Crippen LogP contribution in [0.1, 0.15) is 33.4 Å². The van der Waals surface area contributed by atoms with Gasteiger partial charge >= 0.3 is 0 Å². The number of nitrogens with zero attached hydrogens (tertiary/aromatic N) is 2. The molecule has 0 fully saturated rings. The number of imidazole rings is 1. The molecular formula is C31H29N2+. The zero-order valence-corrected chi connectivity index (χ0v) is 20.0. The molecular weight excluding hydrogens is 400 g/mol. The second kappa shape index (κ2) is 7.18. The van der Waals surface area contributed by atoms with Gasteiger partial charge < -0.3 is 0 Å². The van der Waals surface area contributed by atoms with E-state index in [0.29, 0.717) is 0 Å². The highest BCUT2D eigenvalue weighted by Gasteiger charge is 2.34. The van der Waals surface area contributed by atoms with Gasteiger partial charge in [-0.25, -0.2) is 4.57 Å². The number of fused-ring (bicyclic) bond motifs is 5. The lowest BCUT2D eigenvalue weighted by molar-refractivity contribution is -0.556. The van der Waals surface area contributed by atoms with E-state index in [0.717, 1.165) is 6.42 Å². The predicted molar refractivity (Wildman–Crippen MR) is 137 cm³/mol. The first-order valence-electron chi connectivity index (χ1n) is 11.7. The molecule has 1 heterocycles. The maximum absolute atomic E-state index is 2.54. The van der Waals surface area contributed by atoms with Crippen molar-refractivity contribution in [3.05, 3.63) is 106 Å². The summed E-state index contributed by atoms with van der Waals surface area (Å²) in [5.41, 5.74) is 16.0. The molecule has 1 aliphatic carbocycles. The van der Waals surface area contributed by atoms with Gasteiger partial charge in [0.25, 0.3) is 5.82 Å². The summed E-state index contributed by atoms with van der Waals surface area (Å²) in [4.78, 5) is 0. The van der Waals surface area contributed by atoms with E-state index in [-0.39, 0.29) is 0 Å². The molecule has 2 heteroatoms. The minimum Gasteiger partial charge on any atom is -0.225 e. The fourth-order valence-corrected chi connectivity index (χ4v) is 5.93. The first-order valence-corrected chi connectivity index (χ1v) is 11.7. The number of rotatable bonds is 2. The number of hydrogen-bond donors (Lipinski definition) is 0. The summed E-state index contributed by atoms with van der Waals surface area (Å²) in [6.45, 7) is 8.90. The van der Waals surface area contributed by atoms with Crippen molar-refractivity contribution in [1.29, 1.82) is 0 Å². The first-order chi connectivity index (χ1) is 16.0. The molecule has 0 N–H and O–H groups in total. The molecule has 1 aliphatic rings. The molecule has 0 spiro atoms. The largest absolute Gasteiger partial charge is 0.295 e. The molecule has 5 aromatic rings. The lowest BCUT2D eigenvalue weighted by atomic mass is 10.0. The summed E-state index contributed by atoms with van der Waals surface area (Å²) in [6.07, 6.45) is 1.00. The van der Waals surface area contributed by atoms with E-state index in [4.69, 9.17) is 0 Å². The van der Waals surface area contributed by atoms with Crippen LogP contribution in [0.25, 0.3) is 39.2 Å². The minimum atomic E-state index is 1.00. The third-order valence-corrected chi connectivity index (χ3v) is 7.27. The Hall–Kier alpha value is -3.65. The SMILES string of the molecule is Cc1cc(C)c(-[n+]2c(-c3ccccc3C)n(C)c3ccc4c(c32)-c2ccccc2C4)c(C)c1. The molecule has 33 heavy (non-hydrogen) atoms. The van der Waals surface area contributed by atoms with Gasteiger partial charge in [0, 0.05) is 5.56 Å². The van der Waals surface area contributed by atoms with Crippen molar-refractivity contribution < 1.29 is 4.57 Å². The van der Waals surface area contributed by atoms with E-state index < -0.39 is 0 Å². The van der Waals surface area contributed by atoms with Crippen LogP contribution < -0.4 is 4.57 Å². The summed E-state index contributed by atoms with van der Waals surface area (Å²) >= 11 is 0. The smallest absolute Gasteiger partial charge is 0.225 e. The van der Waals surface area contributed by atoms with Crippen molar-refractivity contribution in [2.75, 3.05) is 0 Å². The van der Waals surface area contributed by atoms with Crippen molar-refractivity contribution in [2.24, 2.45) is 7.05 Å². The number of aromatic nitrogens is 2. The molecule has 0 saturated heterocycles. The van der Waals surface area contributed by atoms with E-state index in [9.17, 15) is 0 Å². The number of hydrogen-bond acceptors (Lipinski definition) is 0. The molecule has 0 saturated carbocycles. The second-order valence-corrected chi connectivity index (χ2v) is 9.58. The zero-order chi connectivity index (χ0) is 22.9. The van der Waals surface area contributed by atoms with E-state index in [1.165, 1.54) is 72.6 Å². The highest BCUT2D eigenvalue weighted by atomic mass is 15.2. The van der Waals surface area contributed by atoms with Gasteiger partial charge in [0.05, 0.1) is 12.6 Å². The molecule has 0 amide bonds. The molecule has 0 aliphatic heterocycles. The minimum absolute atomic E-state index is 1.00. The molecule has 2 nitrogen and oxygen atoms in total. The second-order valence-electron chi connectivity index (χ2n) is 9.58. The van der Waals surface area contributed by atoms with E-state index in [1.54, 1.807) is 0 Å². The highest BCUT2D eigenvalue weighted by molar-refractivity contribution is 5.97. The molecule has 0 atom stereocenters. The van der Waals surface area contributed by atoms with Crippen molar-refractivity contribution in [2.45, 2.75) is 34.1 Å². The van der Waals surface area contributed by atoms with Gasteiger partial charge in [0.1, 0.15) is 5.69 Å². The third kappa shape index (κ3) is 2.83. The molecule has 0 radical (unpaired) electrons. The van der Waals surface area contributed by atoms with Gasteiger partial charge in [0.15, 0.2) is 11.0 Å². The molecule has 162 valence electrons. The van der Waals surface area contributed by atoms with Gasteiger partial charge in [-0.3, -0.25) is 0 Å². The van der Waals surface area contributed by atoms with Crippen LogP contribution in [0.2, 0.25) is 0 Å². The summed E-state index contributed by atoms with van der Waals surface area (Å²) in [5, 5.41) is 0. The van der Waals surface area contributed by atoms with Crippen LogP contribution in [-0.2, 0) is 13.5 Å². The van der Waals surface area contributed by atoms with Gasteiger partial charge in [-0.15, -0.1) is 0 Å². The maximum atomic E-state index is 2.54. The predicted octanol–water partition coefficient (Wildman–Crippen LogP) is 6.93. The molecule has 4 aromatic carbocycles. The van der Waals surface area contributed by atoms with Crippen molar-refractivity contribution in [3.63, 3.8) is 0 Å². The maximum Gasteiger partial charge on any atom is 0.295 e. The van der Waals surface area contributed by atoms with Crippen molar-refractivity contribution in [1.82, 2.24) is 4.57 Å². The normalized spacial score (nSPS) is 12.3. The Bertz CT molecular complexity index is 1560. The zero-order valence-electron chi connectivity index (χ0n) is 20.0. The van der Waals surface area contributed by atoms with Gasteiger partial charge in [-0.05, 0) is 79.6 Å². The van der Waals surface area contributed by atoms with Crippen LogP contribution in [0.15, 0.2) is 72.8 Å². The number of aryl methyl sites for hydroxylation is 5. The fourth-order valence-electron chi connectivity index (χ4n) is 5.93. The van der Waals surface area contributed by atoms with E-state index >= 15 is 0 Å². The standard InChI is InChI=1S/C31H29N2/c1-19-16-21(3)29(22(4)17-19)33-30-27(32(5)31(33)25-12-8-6-10-20(25)2)15-14-24-18-23-11-7-9-13-26(23)28(24)30/h6-17H,18H2,1-5H3/q+1. The van der Waals surface area contributed by atoms with Gasteiger partial charge in [-0.2, -0.15) is 4.57 Å². The van der Waals surface area contributed by atoms with Crippen molar-refractivity contribution >= 4 is 11.0 Å². The van der Waals surface area contributed by atoms with E-state index in [2.05, 4.69) is 117 Å². The summed E-state index contributed by atoms with van der Waals surface area (Å²) in [5.74, 6) is 1.23. The lowest BCUT2D eigenvalue weighted by Gasteiger charge is -2.13. The molecule has 1 aromatic heterocycles. The van der Waals surface area contributed by atoms with Crippen LogP contribution in [0.4, 0.5) is 0 Å². The fraction of sp³-hybridized carbons (Fsp3) is 0.194. The van der Waals surface area contributed by atoms with Crippen LogP contribution >= 0.6 is 0 Å². The third-order valence-electron chi connectivity index (χ3n) is 7.27. The molecule has 6 rings (SSSR count). The van der Waals surface area contributed by atoms with Crippen molar-refractivity contribution in [3.8, 4) is 28.2 Å². The lowest BCUT2D eigenvalue weighted by Crippen LogP contribution is -2.35. The van der Waals surface area contributed by atoms with Gasteiger partial charge in [-0.1, -0.05) is 66.2 Å². The van der Waals surface area contributed by atoms with E-state index in [1.807, 2.05) is 0 Å². The quantitative estimate of drug-likeness (QED) is 0.264. The van der Waals surface area contributed by atoms with Gasteiger partial charge in [0.2, 0.25) is 0 Å².